The van der Waals surface area contributed by atoms with Crippen molar-refractivity contribution in [2.24, 2.45) is 0 Å². The van der Waals surface area contributed by atoms with Crippen molar-refractivity contribution in [3.8, 4) is 0 Å². The number of alkyl halides is 3. The molecule has 1 heterocycles. The second-order valence-corrected chi connectivity index (χ2v) is 5.38. The van der Waals surface area contributed by atoms with Crippen molar-refractivity contribution in [1.29, 1.82) is 5.41 Å². The zero-order chi connectivity index (χ0) is 15.6. The highest BCUT2D eigenvalue weighted by atomic mass is 35.5. The molecule has 2 rings (SSSR count). The van der Waals surface area contributed by atoms with Crippen LogP contribution in [-0.2, 0) is 17.5 Å². The van der Waals surface area contributed by atoms with Gasteiger partial charge in [-0.2, -0.15) is 13.2 Å². The van der Waals surface area contributed by atoms with E-state index in [-0.39, 0.29) is 17.0 Å². The fraction of sp³-hybridized carbons (Fsp3) is 0.167. The molecule has 2 aromatic rings. The van der Waals surface area contributed by atoms with Crippen LogP contribution in [0.1, 0.15) is 5.56 Å². The quantitative estimate of drug-likeness (QED) is 0.888. The van der Waals surface area contributed by atoms with Crippen molar-refractivity contribution in [1.82, 2.24) is 4.57 Å². The van der Waals surface area contributed by atoms with Crippen LogP contribution < -0.4 is 10.1 Å². The molecule has 21 heavy (non-hydrogen) atoms. The monoisotopic (exact) mass is 335 g/mol. The first kappa shape index (κ1) is 15.6. The number of nitrogens with one attached hydrogen (secondary N) is 2. The SMILES string of the molecule is N=c1sccn1CC(=O)Nc1ccc(Cl)c(C(F)(F)F)c1. The Morgan fingerprint density at radius 3 is 2.71 bits per heavy atom. The van der Waals surface area contributed by atoms with Crippen LogP contribution in [0.25, 0.3) is 0 Å². The minimum Gasteiger partial charge on any atom is -0.325 e. The molecule has 1 aromatic heterocycles. The van der Waals surface area contributed by atoms with Gasteiger partial charge in [0.25, 0.3) is 0 Å². The van der Waals surface area contributed by atoms with Crippen molar-refractivity contribution in [3.63, 3.8) is 0 Å². The van der Waals surface area contributed by atoms with E-state index in [0.717, 1.165) is 23.5 Å². The first-order valence-corrected chi connectivity index (χ1v) is 6.88. The number of rotatable bonds is 3. The van der Waals surface area contributed by atoms with Gasteiger partial charge in [-0.3, -0.25) is 10.2 Å². The summed E-state index contributed by atoms with van der Waals surface area (Å²) in [5.74, 6) is -0.526. The molecule has 2 N–H and O–H groups in total. The molecule has 0 aliphatic carbocycles. The summed E-state index contributed by atoms with van der Waals surface area (Å²) in [4.78, 5) is 11.9. The number of carbonyl (C=O) groups excluding carboxylic acids is 1. The van der Waals surface area contributed by atoms with Gasteiger partial charge in [0.2, 0.25) is 5.91 Å². The molecule has 0 bridgehead atoms. The highest BCUT2D eigenvalue weighted by Gasteiger charge is 2.33. The molecule has 0 saturated carbocycles. The zero-order valence-corrected chi connectivity index (χ0v) is 11.9. The molecular formula is C12H9ClF3N3OS. The zero-order valence-electron chi connectivity index (χ0n) is 10.4. The molecule has 0 saturated heterocycles. The van der Waals surface area contributed by atoms with E-state index in [1.807, 2.05) is 0 Å². The number of benzene rings is 1. The lowest BCUT2D eigenvalue weighted by Gasteiger charge is -2.12. The van der Waals surface area contributed by atoms with Gasteiger partial charge >= 0.3 is 6.18 Å². The predicted molar refractivity (Wildman–Crippen MR) is 73.2 cm³/mol. The number of hydrogen-bond acceptors (Lipinski definition) is 3. The van der Waals surface area contributed by atoms with Crippen molar-refractivity contribution >= 4 is 34.5 Å². The molecule has 0 radical (unpaired) electrons. The van der Waals surface area contributed by atoms with E-state index in [1.165, 1.54) is 10.6 Å². The maximum Gasteiger partial charge on any atom is 0.417 e. The molecule has 112 valence electrons. The lowest BCUT2D eigenvalue weighted by Crippen LogP contribution is -2.24. The molecular weight excluding hydrogens is 327 g/mol. The first-order chi connectivity index (χ1) is 9.77. The number of hydrogen-bond donors (Lipinski definition) is 2. The number of carbonyl (C=O) groups is 1. The highest BCUT2D eigenvalue weighted by molar-refractivity contribution is 7.06. The van der Waals surface area contributed by atoms with Gasteiger partial charge in [-0.15, -0.1) is 11.3 Å². The highest BCUT2D eigenvalue weighted by Crippen LogP contribution is 2.36. The summed E-state index contributed by atoms with van der Waals surface area (Å²) in [6.45, 7) is -0.147. The Labute approximate surface area is 126 Å². The summed E-state index contributed by atoms with van der Waals surface area (Å²) in [6.07, 6.45) is -3.04. The third kappa shape index (κ3) is 3.85. The molecule has 0 unspecified atom stereocenters. The molecule has 4 nitrogen and oxygen atoms in total. The predicted octanol–water partition coefficient (Wildman–Crippen LogP) is 3.34. The van der Waals surface area contributed by atoms with E-state index in [9.17, 15) is 18.0 Å². The third-order valence-electron chi connectivity index (χ3n) is 2.55. The maximum absolute atomic E-state index is 12.7. The van der Waals surface area contributed by atoms with E-state index in [4.69, 9.17) is 17.0 Å². The average Bonchev–Trinajstić information content (AvgIpc) is 2.76. The van der Waals surface area contributed by atoms with E-state index in [0.29, 0.717) is 0 Å². The van der Waals surface area contributed by atoms with Gasteiger partial charge in [0.05, 0.1) is 10.6 Å². The van der Waals surface area contributed by atoms with Crippen LogP contribution in [-0.4, -0.2) is 10.5 Å². The molecule has 0 spiro atoms. The Morgan fingerprint density at radius 2 is 2.14 bits per heavy atom. The van der Waals surface area contributed by atoms with Gasteiger partial charge < -0.3 is 9.88 Å². The standard InChI is InChI=1S/C12H9ClF3N3OS/c13-9-2-1-7(5-8(9)12(14,15)16)18-10(20)6-19-3-4-21-11(19)17/h1-5,17H,6H2,(H,18,20). The van der Waals surface area contributed by atoms with Gasteiger partial charge in [0, 0.05) is 17.3 Å². The molecule has 0 aliphatic heterocycles. The van der Waals surface area contributed by atoms with E-state index >= 15 is 0 Å². The van der Waals surface area contributed by atoms with Gasteiger partial charge in [-0.25, -0.2) is 0 Å². The average molecular weight is 336 g/mol. The van der Waals surface area contributed by atoms with E-state index in [1.54, 1.807) is 11.6 Å². The number of anilines is 1. The Kier molecular flexibility index (Phi) is 4.38. The minimum absolute atomic E-state index is 0.000847. The van der Waals surface area contributed by atoms with Crippen LogP contribution in [0.5, 0.6) is 0 Å². The van der Waals surface area contributed by atoms with Gasteiger partial charge in [0.15, 0.2) is 4.80 Å². The maximum atomic E-state index is 12.7. The largest absolute Gasteiger partial charge is 0.417 e. The van der Waals surface area contributed by atoms with E-state index < -0.39 is 22.7 Å². The molecule has 0 atom stereocenters. The number of nitrogens with zero attached hydrogens (tertiary/aromatic N) is 1. The molecule has 1 aromatic carbocycles. The number of halogens is 4. The Morgan fingerprint density at radius 1 is 1.43 bits per heavy atom. The summed E-state index contributed by atoms with van der Waals surface area (Å²) < 4.78 is 39.5. The summed E-state index contributed by atoms with van der Waals surface area (Å²) in [5.41, 5.74) is -1.01. The third-order valence-corrected chi connectivity index (χ3v) is 3.60. The van der Waals surface area contributed by atoms with Crippen LogP contribution >= 0.6 is 22.9 Å². The normalized spacial score (nSPS) is 11.4. The Balaban J connectivity index is 2.15. The van der Waals surface area contributed by atoms with Crippen molar-refractivity contribution in [2.45, 2.75) is 12.7 Å². The van der Waals surface area contributed by atoms with Gasteiger partial charge in [-0.1, -0.05) is 11.6 Å². The van der Waals surface area contributed by atoms with Crippen molar-refractivity contribution in [3.05, 3.63) is 45.2 Å². The summed E-state index contributed by atoms with van der Waals surface area (Å²) in [5, 5.41) is 11.1. The molecule has 9 heteroatoms. The summed E-state index contributed by atoms with van der Waals surface area (Å²) in [7, 11) is 0. The second kappa shape index (κ2) is 5.90. The molecule has 0 fully saturated rings. The van der Waals surface area contributed by atoms with E-state index in [2.05, 4.69) is 5.32 Å². The van der Waals surface area contributed by atoms with Crippen LogP contribution in [0.3, 0.4) is 0 Å². The molecule has 1 amide bonds. The topological polar surface area (TPSA) is 57.9 Å². The summed E-state index contributed by atoms with van der Waals surface area (Å²) in [6, 6.07) is 3.14. The lowest BCUT2D eigenvalue weighted by molar-refractivity contribution is -0.137. The van der Waals surface area contributed by atoms with Gasteiger partial charge in [0.1, 0.15) is 6.54 Å². The number of aromatic nitrogens is 1. The second-order valence-electron chi connectivity index (χ2n) is 4.08. The fourth-order valence-corrected chi connectivity index (χ4v) is 2.43. The van der Waals surface area contributed by atoms with Crippen molar-refractivity contribution < 1.29 is 18.0 Å². The first-order valence-electron chi connectivity index (χ1n) is 5.62. The fourth-order valence-electron chi connectivity index (χ4n) is 1.60. The molecule has 0 aliphatic rings. The van der Waals surface area contributed by atoms with Gasteiger partial charge in [-0.05, 0) is 18.2 Å². The Bertz CT molecular complexity index is 723. The summed E-state index contributed by atoms with van der Waals surface area (Å²) >= 11 is 6.64. The Hall–Kier alpha value is -1.80. The minimum atomic E-state index is -4.59. The number of amides is 1. The number of thiazole rings is 1. The van der Waals surface area contributed by atoms with Crippen LogP contribution in [0.2, 0.25) is 5.02 Å². The van der Waals surface area contributed by atoms with Crippen LogP contribution in [0.4, 0.5) is 18.9 Å². The smallest absolute Gasteiger partial charge is 0.325 e. The lowest BCUT2D eigenvalue weighted by atomic mass is 10.2. The van der Waals surface area contributed by atoms with Crippen LogP contribution in [0.15, 0.2) is 29.8 Å². The van der Waals surface area contributed by atoms with Crippen molar-refractivity contribution in [2.75, 3.05) is 5.32 Å². The van der Waals surface area contributed by atoms with Crippen LogP contribution in [0, 0.1) is 5.41 Å².